The molecule has 0 radical (unpaired) electrons. The van der Waals surface area contributed by atoms with Gasteiger partial charge >= 0.3 is 0 Å². The zero-order chi connectivity index (χ0) is 21.3. The number of carbonyl (C=O) groups is 1. The molecule has 0 saturated carbocycles. The molecule has 3 heterocycles. The van der Waals surface area contributed by atoms with Gasteiger partial charge in [-0.25, -0.2) is 0 Å². The van der Waals surface area contributed by atoms with E-state index >= 15 is 0 Å². The van der Waals surface area contributed by atoms with Crippen LogP contribution < -0.4 is 5.32 Å². The molecule has 1 aromatic rings. The van der Waals surface area contributed by atoms with Crippen molar-refractivity contribution in [3.63, 3.8) is 0 Å². The lowest BCUT2D eigenvalue weighted by molar-refractivity contribution is -0.127. The van der Waals surface area contributed by atoms with Crippen LogP contribution in [0.2, 0.25) is 0 Å². The Morgan fingerprint density at radius 3 is 2.63 bits per heavy atom. The lowest BCUT2D eigenvalue weighted by Gasteiger charge is -2.36. The van der Waals surface area contributed by atoms with Crippen LogP contribution in [0.3, 0.4) is 0 Å². The summed E-state index contributed by atoms with van der Waals surface area (Å²) in [4.78, 5) is 17.7. The molecule has 4 rings (SSSR count). The summed E-state index contributed by atoms with van der Waals surface area (Å²) in [5.41, 5.74) is 0.649. The maximum atomic E-state index is 12.9. The van der Waals surface area contributed by atoms with Gasteiger partial charge < -0.3 is 15.1 Å². The van der Waals surface area contributed by atoms with Crippen molar-refractivity contribution in [2.45, 2.75) is 50.5 Å². The van der Waals surface area contributed by atoms with Crippen LogP contribution in [0.1, 0.15) is 45.1 Å². The Balaban J connectivity index is 1.36. The van der Waals surface area contributed by atoms with Gasteiger partial charge in [-0.05, 0) is 43.7 Å². The average molecular weight is 433 g/mol. The van der Waals surface area contributed by atoms with Gasteiger partial charge in [-0.3, -0.25) is 4.79 Å². The Bertz CT molecular complexity index is 920. The van der Waals surface area contributed by atoms with Crippen molar-refractivity contribution in [1.82, 2.24) is 15.1 Å². The van der Waals surface area contributed by atoms with Crippen molar-refractivity contribution in [2.24, 2.45) is 16.2 Å². The number of rotatable bonds is 4. The molecule has 1 unspecified atom stereocenters. The molecule has 2 fully saturated rings. The molecule has 0 spiro atoms. The van der Waals surface area contributed by atoms with Gasteiger partial charge in [0.05, 0.1) is 5.92 Å². The molecular formula is C22H32N4O3S. The zero-order valence-corrected chi connectivity index (χ0v) is 18.7. The van der Waals surface area contributed by atoms with Crippen molar-refractivity contribution < 1.29 is 13.2 Å². The van der Waals surface area contributed by atoms with Gasteiger partial charge in [0, 0.05) is 44.3 Å². The van der Waals surface area contributed by atoms with E-state index in [0.29, 0.717) is 23.9 Å². The quantitative estimate of drug-likeness (QED) is 0.788. The number of piperidine rings is 2. The third-order valence-electron chi connectivity index (χ3n) is 6.26. The van der Waals surface area contributed by atoms with Gasteiger partial charge in [0.25, 0.3) is 10.0 Å². The Morgan fingerprint density at radius 2 is 1.90 bits per heavy atom. The van der Waals surface area contributed by atoms with Crippen LogP contribution in [0.25, 0.3) is 0 Å². The highest BCUT2D eigenvalue weighted by molar-refractivity contribution is 7.90. The molecule has 164 valence electrons. The molecule has 7 nitrogen and oxygen atoms in total. The summed E-state index contributed by atoms with van der Waals surface area (Å²) in [5, 5.41) is 3.26. The number of sulfonamides is 1. The number of amides is 1. The van der Waals surface area contributed by atoms with E-state index < -0.39 is 10.0 Å². The zero-order valence-electron chi connectivity index (χ0n) is 17.9. The van der Waals surface area contributed by atoms with Crippen LogP contribution in [0.4, 0.5) is 0 Å². The number of fused-ring (bicyclic) bond motifs is 1. The molecule has 30 heavy (non-hydrogen) atoms. The fraction of sp³-hybridized carbons (Fsp3) is 0.636. The molecule has 2 saturated heterocycles. The van der Waals surface area contributed by atoms with Crippen LogP contribution in [0.5, 0.6) is 0 Å². The van der Waals surface area contributed by atoms with Crippen LogP contribution in [-0.2, 0) is 14.8 Å². The largest absolute Gasteiger partial charge is 0.355 e. The topological polar surface area (TPSA) is 82.1 Å². The Hall–Kier alpha value is -1.93. The number of amidine groups is 1. The molecule has 1 N–H and O–H groups in total. The molecule has 1 amide bonds. The minimum Gasteiger partial charge on any atom is -0.355 e. The number of nitrogens with zero attached hydrogens (tertiary/aromatic N) is 3. The standard InChI is InChI=1S/C22H32N4O3S/c1-16(2)14-25-12-9-18(10-13-25)23-22(27)17-6-5-11-26(15-17)21-19-7-3-4-8-20(19)30(28,29)24-21/h3-4,7-8,16-18H,5-6,9-15H2,1-2H3,(H,23,27). The van der Waals surface area contributed by atoms with Gasteiger partial charge in [-0.15, -0.1) is 4.40 Å². The van der Waals surface area contributed by atoms with E-state index in [-0.39, 0.29) is 22.8 Å². The van der Waals surface area contributed by atoms with Crippen molar-refractivity contribution in [2.75, 3.05) is 32.7 Å². The summed E-state index contributed by atoms with van der Waals surface area (Å²) >= 11 is 0. The fourth-order valence-corrected chi connectivity index (χ4v) is 6.02. The Kier molecular flexibility index (Phi) is 6.16. The molecule has 8 heteroatoms. The maximum Gasteiger partial charge on any atom is 0.285 e. The van der Waals surface area contributed by atoms with E-state index in [2.05, 4.69) is 28.5 Å². The first kappa shape index (κ1) is 21.3. The summed E-state index contributed by atoms with van der Waals surface area (Å²) in [6.45, 7) is 8.89. The van der Waals surface area contributed by atoms with Crippen LogP contribution in [-0.4, -0.2) is 68.7 Å². The summed E-state index contributed by atoms with van der Waals surface area (Å²) in [7, 11) is -3.64. The second kappa shape index (κ2) is 8.67. The summed E-state index contributed by atoms with van der Waals surface area (Å²) in [6, 6.07) is 7.18. The lowest BCUT2D eigenvalue weighted by Crippen LogP contribution is -2.50. The first-order chi connectivity index (χ1) is 14.3. The van der Waals surface area contributed by atoms with Crippen LogP contribution in [0.15, 0.2) is 33.6 Å². The lowest BCUT2D eigenvalue weighted by atomic mass is 9.95. The smallest absolute Gasteiger partial charge is 0.285 e. The normalized spacial score (nSPS) is 24.6. The first-order valence-corrected chi connectivity index (χ1v) is 12.5. The molecule has 1 aromatic carbocycles. The predicted molar refractivity (Wildman–Crippen MR) is 117 cm³/mol. The number of hydrogen-bond donors (Lipinski definition) is 1. The van der Waals surface area contributed by atoms with E-state index in [1.807, 2.05) is 11.0 Å². The van der Waals surface area contributed by atoms with Gasteiger partial charge in [-0.2, -0.15) is 8.42 Å². The molecule has 3 aliphatic heterocycles. The van der Waals surface area contributed by atoms with Crippen molar-refractivity contribution in [3.05, 3.63) is 29.8 Å². The summed E-state index contributed by atoms with van der Waals surface area (Å²) in [5.74, 6) is 1.12. The highest BCUT2D eigenvalue weighted by Crippen LogP contribution is 2.30. The average Bonchev–Trinajstić information content (AvgIpc) is 3.00. The number of carbonyl (C=O) groups excluding carboxylic acids is 1. The first-order valence-electron chi connectivity index (χ1n) is 11.1. The van der Waals surface area contributed by atoms with E-state index in [9.17, 15) is 13.2 Å². The van der Waals surface area contributed by atoms with Crippen LogP contribution in [0, 0.1) is 11.8 Å². The highest BCUT2D eigenvalue weighted by Gasteiger charge is 2.35. The number of benzene rings is 1. The second-order valence-electron chi connectivity index (χ2n) is 9.15. The van der Waals surface area contributed by atoms with Gasteiger partial charge in [0.1, 0.15) is 4.90 Å². The van der Waals surface area contributed by atoms with Crippen molar-refractivity contribution in [3.8, 4) is 0 Å². The maximum absolute atomic E-state index is 12.9. The highest BCUT2D eigenvalue weighted by atomic mass is 32.2. The third-order valence-corrected chi connectivity index (χ3v) is 7.59. The number of hydrogen-bond acceptors (Lipinski definition) is 5. The number of nitrogens with one attached hydrogen (secondary N) is 1. The summed E-state index contributed by atoms with van der Waals surface area (Å²) in [6.07, 6.45) is 3.67. The summed E-state index contributed by atoms with van der Waals surface area (Å²) < 4.78 is 28.8. The van der Waals surface area contributed by atoms with E-state index in [0.717, 1.165) is 51.9 Å². The number of likely N-dealkylation sites (tertiary alicyclic amines) is 2. The van der Waals surface area contributed by atoms with E-state index in [1.165, 1.54) is 0 Å². The molecule has 0 bridgehead atoms. The monoisotopic (exact) mass is 432 g/mol. The molecule has 3 aliphatic rings. The Labute approximate surface area is 179 Å². The Morgan fingerprint density at radius 1 is 1.17 bits per heavy atom. The van der Waals surface area contributed by atoms with Crippen molar-refractivity contribution >= 4 is 21.8 Å². The SMILES string of the molecule is CC(C)CN1CCC(NC(=O)C2CCCN(C3=NS(=O)(=O)c4ccccc43)C2)CC1. The molecular weight excluding hydrogens is 400 g/mol. The molecule has 1 atom stereocenters. The third kappa shape index (κ3) is 4.54. The van der Waals surface area contributed by atoms with Crippen molar-refractivity contribution in [1.29, 1.82) is 0 Å². The molecule has 0 aromatic heterocycles. The predicted octanol–water partition coefficient (Wildman–Crippen LogP) is 2.08. The van der Waals surface area contributed by atoms with E-state index in [1.54, 1.807) is 18.2 Å². The van der Waals surface area contributed by atoms with Gasteiger partial charge in [0.2, 0.25) is 5.91 Å². The molecule has 0 aliphatic carbocycles. The minimum atomic E-state index is -3.64. The minimum absolute atomic E-state index is 0.0942. The fourth-order valence-electron chi connectivity index (χ4n) is 4.80. The second-order valence-corrected chi connectivity index (χ2v) is 10.7. The van der Waals surface area contributed by atoms with Gasteiger partial charge in [0.15, 0.2) is 5.84 Å². The van der Waals surface area contributed by atoms with Crippen LogP contribution >= 0.6 is 0 Å². The van der Waals surface area contributed by atoms with Gasteiger partial charge in [-0.1, -0.05) is 26.0 Å². The van der Waals surface area contributed by atoms with E-state index in [4.69, 9.17) is 0 Å².